The number of aliphatic hydroxyl groups is 1. The molecule has 2 rings (SSSR count). The third-order valence-corrected chi connectivity index (χ3v) is 5.55. The van der Waals surface area contributed by atoms with Gasteiger partial charge in [0.2, 0.25) is 0 Å². The lowest BCUT2D eigenvalue weighted by atomic mass is 9.75. The lowest BCUT2D eigenvalue weighted by Crippen LogP contribution is -3.14. The highest BCUT2D eigenvalue weighted by Crippen LogP contribution is 2.35. The fourth-order valence-electron chi connectivity index (χ4n) is 4.19. The van der Waals surface area contributed by atoms with Crippen molar-refractivity contribution in [3.63, 3.8) is 0 Å². The van der Waals surface area contributed by atoms with Gasteiger partial charge in [0.25, 0.3) is 0 Å². The Morgan fingerprint density at radius 3 is 2.52 bits per heavy atom. The standard InChI is InChI=1S/C18H35NO2/c1-14(2)17-8-7-15(3)11-18(17)21-13-16(20)12-19-9-5-4-6-10-19/h14-18,20H,4-13H2,1-3H3/p+1/t15-,16+,17+,18-/m0/s1. The minimum atomic E-state index is -0.289. The van der Waals surface area contributed by atoms with Crippen LogP contribution in [0.4, 0.5) is 0 Å². The molecule has 1 aliphatic heterocycles. The number of hydrogen-bond acceptors (Lipinski definition) is 2. The molecule has 1 saturated heterocycles. The van der Waals surface area contributed by atoms with E-state index in [0.29, 0.717) is 24.5 Å². The van der Waals surface area contributed by atoms with Gasteiger partial charge in [-0.3, -0.25) is 0 Å². The summed E-state index contributed by atoms with van der Waals surface area (Å²) in [5.41, 5.74) is 0. The van der Waals surface area contributed by atoms with Gasteiger partial charge < -0.3 is 14.7 Å². The van der Waals surface area contributed by atoms with Crippen LogP contribution in [0.15, 0.2) is 0 Å². The molecule has 21 heavy (non-hydrogen) atoms. The Morgan fingerprint density at radius 2 is 1.86 bits per heavy atom. The van der Waals surface area contributed by atoms with Crippen LogP contribution in [0.1, 0.15) is 59.3 Å². The summed E-state index contributed by atoms with van der Waals surface area (Å²) in [4.78, 5) is 1.56. The Morgan fingerprint density at radius 1 is 1.14 bits per heavy atom. The van der Waals surface area contributed by atoms with E-state index >= 15 is 0 Å². The highest BCUT2D eigenvalue weighted by Gasteiger charge is 2.32. The van der Waals surface area contributed by atoms with Gasteiger partial charge in [-0.1, -0.05) is 27.2 Å². The molecule has 3 heteroatoms. The Bertz CT molecular complexity index is 289. The fourth-order valence-corrected chi connectivity index (χ4v) is 4.19. The van der Waals surface area contributed by atoms with Crippen molar-refractivity contribution < 1.29 is 14.7 Å². The van der Waals surface area contributed by atoms with Gasteiger partial charge in [-0.15, -0.1) is 0 Å². The average molecular weight is 298 g/mol. The largest absolute Gasteiger partial charge is 0.385 e. The monoisotopic (exact) mass is 298 g/mol. The van der Waals surface area contributed by atoms with Gasteiger partial charge in [-0.2, -0.15) is 0 Å². The Hall–Kier alpha value is -0.120. The van der Waals surface area contributed by atoms with Crippen LogP contribution in [0.5, 0.6) is 0 Å². The second-order valence-corrected chi connectivity index (χ2v) is 7.87. The maximum Gasteiger partial charge on any atom is 0.126 e. The van der Waals surface area contributed by atoms with Crippen molar-refractivity contribution in [2.45, 2.75) is 71.5 Å². The molecule has 1 aliphatic carbocycles. The van der Waals surface area contributed by atoms with Crippen molar-refractivity contribution in [3.05, 3.63) is 0 Å². The molecule has 0 unspecified atom stereocenters. The van der Waals surface area contributed by atoms with Crippen LogP contribution in [-0.2, 0) is 4.74 Å². The summed E-state index contributed by atoms with van der Waals surface area (Å²) in [5, 5.41) is 10.3. The topological polar surface area (TPSA) is 33.9 Å². The molecule has 3 nitrogen and oxygen atoms in total. The van der Waals surface area contributed by atoms with Gasteiger partial charge >= 0.3 is 0 Å². The molecule has 0 spiro atoms. The molecule has 0 radical (unpaired) electrons. The van der Waals surface area contributed by atoms with Crippen LogP contribution in [0.25, 0.3) is 0 Å². The molecule has 0 amide bonds. The molecule has 0 aromatic carbocycles. The number of quaternary nitrogens is 1. The van der Waals surface area contributed by atoms with E-state index in [0.717, 1.165) is 12.5 Å². The first-order valence-electron chi connectivity index (χ1n) is 9.19. The van der Waals surface area contributed by atoms with E-state index in [-0.39, 0.29) is 6.10 Å². The molecular weight excluding hydrogens is 262 g/mol. The summed E-state index contributed by atoms with van der Waals surface area (Å²) >= 11 is 0. The van der Waals surface area contributed by atoms with Gasteiger partial charge in [0.1, 0.15) is 12.6 Å². The van der Waals surface area contributed by atoms with E-state index in [9.17, 15) is 5.11 Å². The molecule has 2 aliphatic rings. The number of hydrogen-bond donors (Lipinski definition) is 2. The quantitative estimate of drug-likeness (QED) is 0.785. The first kappa shape index (κ1) is 17.2. The van der Waals surface area contributed by atoms with Gasteiger partial charge in [0.15, 0.2) is 0 Å². The maximum atomic E-state index is 10.3. The second kappa shape index (κ2) is 8.50. The summed E-state index contributed by atoms with van der Waals surface area (Å²) in [5.74, 6) is 2.14. The highest BCUT2D eigenvalue weighted by molar-refractivity contribution is 4.81. The summed E-state index contributed by atoms with van der Waals surface area (Å²) in [6.07, 6.45) is 7.87. The van der Waals surface area contributed by atoms with Crippen LogP contribution in [0, 0.1) is 17.8 Å². The zero-order chi connectivity index (χ0) is 15.2. The van der Waals surface area contributed by atoms with Gasteiger partial charge in [-0.05, 0) is 49.9 Å². The number of ether oxygens (including phenoxy) is 1. The molecular formula is C18H36NO2+. The number of nitrogens with one attached hydrogen (secondary N) is 1. The van der Waals surface area contributed by atoms with Gasteiger partial charge in [0.05, 0.1) is 25.8 Å². The first-order valence-corrected chi connectivity index (χ1v) is 9.19. The highest BCUT2D eigenvalue weighted by atomic mass is 16.5. The molecule has 124 valence electrons. The average Bonchev–Trinajstić information content (AvgIpc) is 2.46. The van der Waals surface area contributed by atoms with Crippen molar-refractivity contribution in [3.8, 4) is 0 Å². The van der Waals surface area contributed by atoms with Crippen molar-refractivity contribution in [2.75, 3.05) is 26.2 Å². The number of likely N-dealkylation sites (tertiary alicyclic amines) is 1. The van der Waals surface area contributed by atoms with Crippen molar-refractivity contribution in [1.82, 2.24) is 0 Å². The molecule has 1 heterocycles. The zero-order valence-electron chi connectivity index (χ0n) is 14.3. The summed E-state index contributed by atoms with van der Waals surface area (Å²) in [7, 11) is 0. The van der Waals surface area contributed by atoms with Crippen molar-refractivity contribution >= 4 is 0 Å². The Balaban J connectivity index is 1.73. The van der Waals surface area contributed by atoms with Crippen LogP contribution in [0.3, 0.4) is 0 Å². The summed E-state index contributed by atoms with van der Waals surface area (Å²) in [6, 6.07) is 0. The van der Waals surface area contributed by atoms with Gasteiger partial charge in [0, 0.05) is 0 Å². The molecule has 2 fully saturated rings. The maximum absolute atomic E-state index is 10.3. The third kappa shape index (κ3) is 5.54. The van der Waals surface area contributed by atoms with Crippen LogP contribution in [0.2, 0.25) is 0 Å². The third-order valence-electron chi connectivity index (χ3n) is 5.55. The Labute approximate surface area is 131 Å². The van der Waals surface area contributed by atoms with E-state index in [2.05, 4.69) is 20.8 Å². The number of piperidine rings is 1. The van der Waals surface area contributed by atoms with Gasteiger partial charge in [-0.25, -0.2) is 0 Å². The van der Waals surface area contributed by atoms with E-state index in [4.69, 9.17) is 4.74 Å². The summed E-state index contributed by atoms with van der Waals surface area (Å²) in [6.45, 7) is 10.8. The lowest BCUT2D eigenvalue weighted by Gasteiger charge is -2.37. The molecule has 0 bridgehead atoms. The first-order chi connectivity index (χ1) is 10.1. The van der Waals surface area contributed by atoms with Crippen molar-refractivity contribution in [1.29, 1.82) is 0 Å². The predicted molar refractivity (Wildman–Crippen MR) is 86.5 cm³/mol. The molecule has 0 aromatic rings. The number of aliphatic hydroxyl groups excluding tert-OH is 1. The molecule has 1 saturated carbocycles. The smallest absolute Gasteiger partial charge is 0.126 e. The normalized spacial score (nSPS) is 33.3. The van der Waals surface area contributed by atoms with Crippen LogP contribution >= 0.6 is 0 Å². The van der Waals surface area contributed by atoms with E-state index in [1.165, 1.54) is 51.6 Å². The molecule has 0 aromatic heterocycles. The Kier molecular flexibility index (Phi) is 6.97. The molecule has 4 atom stereocenters. The van der Waals surface area contributed by atoms with E-state index in [1.54, 1.807) is 4.90 Å². The van der Waals surface area contributed by atoms with E-state index in [1.807, 2.05) is 0 Å². The predicted octanol–water partition coefficient (Wildman–Crippen LogP) is 1.89. The SMILES string of the molecule is CC(C)[C@H]1CC[C@H](C)C[C@@H]1OC[C@H](O)C[NH+]1CCCCC1. The summed E-state index contributed by atoms with van der Waals surface area (Å²) < 4.78 is 6.17. The van der Waals surface area contributed by atoms with E-state index < -0.39 is 0 Å². The fraction of sp³-hybridized carbons (Fsp3) is 1.00. The number of rotatable bonds is 6. The lowest BCUT2D eigenvalue weighted by molar-refractivity contribution is -0.908. The minimum absolute atomic E-state index is 0.289. The minimum Gasteiger partial charge on any atom is -0.385 e. The van der Waals surface area contributed by atoms with Crippen molar-refractivity contribution in [2.24, 2.45) is 17.8 Å². The zero-order valence-corrected chi connectivity index (χ0v) is 14.3. The van der Waals surface area contributed by atoms with Crippen LogP contribution < -0.4 is 4.90 Å². The van der Waals surface area contributed by atoms with Crippen LogP contribution in [-0.4, -0.2) is 43.6 Å². The molecule has 2 N–H and O–H groups in total. The second-order valence-electron chi connectivity index (χ2n) is 7.87.